The molecule has 4 rings (SSSR count). The van der Waals surface area contributed by atoms with Crippen LogP contribution in [-0.4, -0.2) is 17.0 Å². The van der Waals surface area contributed by atoms with Crippen LogP contribution in [0.2, 0.25) is 0 Å². The molecule has 29 heavy (non-hydrogen) atoms. The van der Waals surface area contributed by atoms with Crippen LogP contribution in [0.4, 0.5) is 0 Å². The summed E-state index contributed by atoms with van der Waals surface area (Å²) in [6.07, 6.45) is 12.3. The van der Waals surface area contributed by atoms with E-state index in [1.165, 1.54) is 44.1 Å². The Bertz CT molecular complexity index is 676. The fourth-order valence-corrected chi connectivity index (χ4v) is 8.32. The molecule has 0 aliphatic heterocycles. The number of hydrogen-bond donors (Lipinski definition) is 1. The number of carbonyl (C=O) groups excluding carboxylic acids is 1. The summed E-state index contributed by atoms with van der Waals surface area (Å²) < 4.78 is 0. The molecule has 2 heteroatoms. The van der Waals surface area contributed by atoms with Crippen LogP contribution in [0.15, 0.2) is 11.1 Å². The third-order valence-electron chi connectivity index (χ3n) is 9.89. The summed E-state index contributed by atoms with van der Waals surface area (Å²) in [5, 5.41) is 10.2. The van der Waals surface area contributed by atoms with E-state index in [2.05, 4.69) is 34.6 Å². The van der Waals surface area contributed by atoms with E-state index in [1.807, 2.05) is 0 Å². The minimum atomic E-state index is -0.151. The monoisotopic (exact) mass is 400 g/mol. The molecule has 7 atom stereocenters. The van der Waals surface area contributed by atoms with Crippen LogP contribution in [0.25, 0.3) is 0 Å². The second kappa shape index (κ2) is 7.81. The molecule has 2 saturated carbocycles. The first-order valence-corrected chi connectivity index (χ1v) is 12.6. The van der Waals surface area contributed by atoms with Crippen molar-refractivity contribution in [3.8, 4) is 0 Å². The van der Waals surface area contributed by atoms with E-state index in [9.17, 15) is 9.90 Å². The fourth-order valence-electron chi connectivity index (χ4n) is 8.32. The van der Waals surface area contributed by atoms with Gasteiger partial charge in [-0.25, -0.2) is 0 Å². The first-order valence-electron chi connectivity index (χ1n) is 12.6. The molecule has 0 spiro atoms. The molecule has 0 bridgehead atoms. The fraction of sp³-hybridized carbons (Fsp3) is 0.889. The van der Waals surface area contributed by atoms with E-state index in [0.717, 1.165) is 43.9 Å². The summed E-state index contributed by atoms with van der Waals surface area (Å²) in [4.78, 5) is 13.7. The van der Waals surface area contributed by atoms with Crippen molar-refractivity contribution in [3.63, 3.8) is 0 Å². The molecule has 0 amide bonds. The van der Waals surface area contributed by atoms with Crippen LogP contribution in [0.1, 0.15) is 105 Å². The molecular formula is C27H44O2. The number of rotatable bonds is 5. The molecular weight excluding hydrogens is 356 g/mol. The average Bonchev–Trinajstić information content (AvgIpc) is 2.98. The molecule has 0 aromatic heterocycles. The van der Waals surface area contributed by atoms with Crippen LogP contribution >= 0.6 is 0 Å². The van der Waals surface area contributed by atoms with Gasteiger partial charge < -0.3 is 5.11 Å². The molecule has 2 nitrogen and oxygen atoms in total. The van der Waals surface area contributed by atoms with Gasteiger partial charge in [0.1, 0.15) is 0 Å². The number of allylic oxidation sites excluding steroid dienone is 2. The Balaban J connectivity index is 1.58. The number of ketones is 1. The molecule has 0 saturated heterocycles. The van der Waals surface area contributed by atoms with Crippen LogP contribution in [0.5, 0.6) is 0 Å². The van der Waals surface area contributed by atoms with Gasteiger partial charge in [-0.1, -0.05) is 59.5 Å². The molecule has 4 aliphatic carbocycles. The molecule has 7 unspecified atom stereocenters. The summed E-state index contributed by atoms with van der Waals surface area (Å²) in [6.45, 7) is 11.9. The highest BCUT2D eigenvalue weighted by atomic mass is 16.3. The van der Waals surface area contributed by atoms with E-state index in [0.29, 0.717) is 23.5 Å². The highest BCUT2D eigenvalue weighted by Crippen LogP contribution is 2.65. The Labute approximate surface area is 178 Å². The number of aliphatic hydroxyl groups is 1. The first kappa shape index (κ1) is 21.6. The van der Waals surface area contributed by atoms with Gasteiger partial charge in [0.05, 0.1) is 6.10 Å². The number of Topliss-reactive ketones (excluding diaryl/α,β-unsaturated/α-hetero) is 1. The minimum absolute atomic E-state index is 0.0339. The lowest BCUT2D eigenvalue weighted by molar-refractivity contribution is -0.123. The Morgan fingerprint density at radius 3 is 2.55 bits per heavy atom. The van der Waals surface area contributed by atoms with Crippen LogP contribution < -0.4 is 0 Å². The van der Waals surface area contributed by atoms with Crippen molar-refractivity contribution in [2.45, 2.75) is 111 Å². The molecule has 2 fully saturated rings. The van der Waals surface area contributed by atoms with Crippen molar-refractivity contribution in [1.82, 2.24) is 0 Å². The molecule has 164 valence electrons. The van der Waals surface area contributed by atoms with Crippen molar-refractivity contribution >= 4 is 5.78 Å². The van der Waals surface area contributed by atoms with Crippen LogP contribution in [0.3, 0.4) is 0 Å². The summed E-state index contributed by atoms with van der Waals surface area (Å²) in [6, 6.07) is 0. The van der Waals surface area contributed by atoms with Gasteiger partial charge in [-0.2, -0.15) is 0 Å². The molecule has 0 aromatic carbocycles. The van der Waals surface area contributed by atoms with Gasteiger partial charge in [0.25, 0.3) is 0 Å². The van der Waals surface area contributed by atoms with Crippen molar-refractivity contribution in [2.24, 2.45) is 40.4 Å². The van der Waals surface area contributed by atoms with Crippen molar-refractivity contribution < 1.29 is 9.90 Å². The summed E-state index contributed by atoms with van der Waals surface area (Å²) in [5.41, 5.74) is 3.03. The quantitative estimate of drug-likeness (QED) is 0.556. The topological polar surface area (TPSA) is 37.3 Å². The number of carbonyl (C=O) groups is 1. The van der Waals surface area contributed by atoms with Gasteiger partial charge in [-0.15, -0.1) is 0 Å². The maximum absolute atomic E-state index is 13.7. The zero-order valence-electron chi connectivity index (χ0n) is 19.6. The van der Waals surface area contributed by atoms with Crippen molar-refractivity contribution in [1.29, 1.82) is 0 Å². The third-order valence-corrected chi connectivity index (χ3v) is 9.89. The molecule has 0 radical (unpaired) electrons. The van der Waals surface area contributed by atoms with E-state index < -0.39 is 0 Å². The summed E-state index contributed by atoms with van der Waals surface area (Å²) in [5.74, 6) is 3.85. The van der Waals surface area contributed by atoms with Gasteiger partial charge >= 0.3 is 0 Å². The third kappa shape index (κ3) is 3.56. The first-order chi connectivity index (χ1) is 13.7. The van der Waals surface area contributed by atoms with E-state index >= 15 is 0 Å². The second-order valence-electron chi connectivity index (χ2n) is 12.1. The molecule has 0 heterocycles. The Morgan fingerprint density at radius 1 is 1.07 bits per heavy atom. The van der Waals surface area contributed by atoms with Crippen molar-refractivity contribution in [3.05, 3.63) is 11.1 Å². The number of aliphatic hydroxyl groups excluding tert-OH is 1. The normalized spacial score (nSPS) is 43.2. The van der Waals surface area contributed by atoms with Crippen molar-refractivity contribution in [2.75, 3.05) is 0 Å². The highest BCUT2D eigenvalue weighted by molar-refractivity contribution is 5.99. The predicted molar refractivity (Wildman–Crippen MR) is 120 cm³/mol. The van der Waals surface area contributed by atoms with Crippen LogP contribution in [0, 0.1) is 40.4 Å². The average molecular weight is 401 g/mol. The maximum atomic E-state index is 13.7. The summed E-state index contributed by atoms with van der Waals surface area (Å²) in [7, 11) is 0. The lowest BCUT2D eigenvalue weighted by atomic mass is 9.50. The molecule has 4 aliphatic rings. The van der Waals surface area contributed by atoms with E-state index in [1.54, 1.807) is 5.57 Å². The number of hydrogen-bond acceptors (Lipinski definition) is 2. The minimum Gasteiger partial charge on any atom is -0.393 e. The van der Waals surface area contributed by atoms with E-state index in [-0.39, 0.29) is 16.9 Å². The van der Waals surface area contributed by atoms with Gasteiger partial charge in [0.15, 0.2) is 5.78 Å². The number of fused-ring (bicyclic) bond motifs is 4. The van der Waals surface area contributed by atoms with Gasteiger partial charge in [-0.3, -0.25) is 4.79 Å². The van der Waals surface area contributed by atoms with E-state index in [4.69, 9.17) is 0 Å². The predicted octanol–water partition coefficient (Wildman–Crippen LogP) is 6.71. The van der Waals surface area contributed by atoms with Gasteiger partial charge in [0, 0.05) is 12.0 Å². The standard InChI is InChI=1S/C27H44O2/c1-17(2)7-6-8-18(3)22-11-12-23-21-10-9-19-15-20(28)13-14-26(19,4)25(21)24(29)16-27(22,23)5/h17-20,22-23,28H,6-16H2,1-5H3. The smallest absolute Gasteiger partial charge is 0.159 e. The second-order valence-corrected chi connectivity index (χ2v) is 12.1. The highest BCUT2D eigenvalue weighted by Gasteiger charge is 2.58. The Morgan fingerprint density at radius 2 is 1.83 bits per heavy atom. The lowest BCUT2D eigenvalue weighted by Gasteiger charge is -2.54. The SMILES string of the molecule is CC(C)CCCC(C)C1CCC2C3=C(C(=O)CC21C)C1(C)CCC(O)CC1CC3. The molecule has 0 aromatic rings. The zero-order valence-corrected chi connectivity index (χ0v) is 19.6. The molecule has 1 N–H and O–H groups in total. The lowest BCUT2D eigenvalue weighted by Crippen LogP contribution is -2.48. The maximum Gasteiger partial charge on any atom is 0.159 e. The largest absolute Gasteiger partial charge is 0.393 e. The Hall–Kier alpha value is -0.630. The Kier molecular flexibility index (Phi) is 5.82. The van der Waals surface area contributed by atoms with Crippen LogP contribution in [-0.2, 0) is 4.79 Å². The van der Waals surface area contributed by atoms with Gasteiger partial charge in [0.2, 0.25) is 0 Å². The van der Waals surface area contributed by atoms with Gasteiger partial charge in [-0.05, 0) is 85.4 Å². The summed E-state index contributed by atoms with van der Waals surface area (Å²) >= 11 is 0. The zero-order chi connectivity index (χ0) is 21.0.